The monoisotopic (exact) mass is 268 g/mol. The second-order valence-electron chi connectivity index (χ2n) is 2.80. The third kappa shape index (κ3) is 3.09. The van der Waals surface area contributed by atoms with E-state index in [9.17, 15) is 19.5 Å². The molecule has 0 atom stereocenters. The summed E-state index contributed by atoms with van der Waals surface area (Å²) in [5.41, 5.74) is -2.57. The van der Waals surface area contributed by atoms with Crippen LogP contribution in [0.2, 0.25) is 0 Å². The van der Waals surface area contributed by atoms with Gasteiger partial charge in [-0.25, -0.2) is 14.4 Å². The SMILES string of the molecule is O=C(O)c1ccc(O)c(C(=O)O)c1C(=O)O.[Ca+2].[H-].[H-]. The molecule has 0 aromatic heterocycles. The molecule has 0 aliphatic rings. The van der Waals surface area contributed by atoms with Gasteiger partial charge in [0.05, 0.1) is 11.1 Å². The maximum absolute atomic E-state index is 10.8. The molecule has 7 nitrogen and oxygen atoms in total. The van der Waals surface area contributed by atoms with Gasteiger partial charge in [-0.15, -0.1) is 0 Å². The van der Waals surface area contributed by atoms with Gasteiger partial charge in [-0.1, -0.05) is 0 Å². The Morgan fingerprint density at radius 2 is 1.35 bits per heavy atom. The summed E-state index contributed by atoms with van der Waals surface area (Å²) in [6.45, 7) is 0. The normalized spacial score (nSPS) is 9.18. The van der Waals surface area contributed by atoms with Gasteiger partial charge in [0.15, 0.2) is 0 Å². The van der Waals surface area contributed by atoms with Crippen LogP contribution in [0.4, 0.5) is 0 Å². The van der Waals surface area contributed by atoms with Crippen molar-refractivity contribution in [3.63, 3.8) is 0 Å². The molecule has 0 aliphatic carbocycles. The zero-order valence-electron chi connectivity index (χ0n) is 10.4. The van der Waals surface area contributed by atoms with Gasteiger partial charge < -0.3 is 23.3 Å². The van der Waals surface area contributed by atoms with Gasteiger partial charge in [0.1, 0.15) is 11.3 Å². The van der Waals surface area contributed by atoms with Crippen molar-refractivity contribution in [3.05, 3.63) is 28.8 Å². The van der Waals surface area contributed by atoms with Crippen molar-refractivity contribution < 1.29 is 37.7 Å². The molecule has 0 unspecified atom stereocenters. The second-order valence-corrected chi connectivity index (χ2v) is 2.80. The van der Waals surface area contributed by atoms with Crippen LogP contribution in [-0.4, -0.2) is 76.1 Å². The number of benzene rings is 1. The molecule has 1 aromatic rings. The first-order valence-corrected chi connectivity index (χ1v) is 3.92. The quantitative estimate of drug-likeness (QED) is 0.580. The van der Waals surface area contributed by atoms with E-state index in [0.717, 1.165) is 12.1 Å². The number of rotatable bonds is 3. The maximum Gasteiger partial charge on any atom is 2.00 e. The smallest absolute Gasteiger partial charge is 1.00 e. The molecule has 4 N–H and O–H groups in total. The molecule has 17 heavy (non-hydrogen) atoms. The Balaban J connectivity index is -0.000000853. The van der Waals surface area contributed by atoms with Crippen molar-refractivity contribution >= 4 is 55.6 Å². The van der Waals surface area contributed by atoms with Crippen molar-refractivity contribution in [3.8, 4) is 5.75 Å². The topological polar surface area (TPSA) is 132 Å². The standard InChI is InChI=1S/C9H6O7.Ca.2H/c10-4-2-1-3(7(11)12)5(8(13)14)6(4)9(15)16;;;/h1-2,10H,(H,11,12)(H,13,14)(H,15,16);;;/q;+2;2*-1. The first kappa shape index (κ1) is 15.7. The van der Waals surface area contributed by atoms with E-state index in [1.54, 1.807) is 0 Å². The van der Waals surface area contributed by atoms with E-state index in [2.05, 4.69) is 0 Å². The Morgan fingerprint density at radius 3 is 1.71 bits per heavy atom. The molecular weight excluding hydrogens is 260 g/mol. The number of hydrogen-bond donors (Lipinski definition) is 4. The fourth-order valence-corrected chi connectivity index (χ4v) is 1.21. The predicted octanol–water partition coefficient (Wildman–Crippen LogP) is 0.331. The summed E-state index contributed by atoms with van der Waals surface area (Å²) in [6.07, 6.45) is 0. The molecule has 0 bridgehead atoms. The minimum Gasteiger partial charge on any atom is -1.00 e. The third-order valence-electron chi connectivity index (χ3n) is 1.84. The maximum atomic E-state index is 10.8. The summed E-state index contributed by atoms with van der Waals surface area (Å²) in [7, 11) is 0. The molecule has 0 aliphatic heterocycles. The van der Waals surface area contributed by atoms with Crippen molar-refractivity contribution in [1.82, 2.24) is 0 Å². The zero-order valence-corrected chi connectivity index (χ0v) is 10.6. The molecule has 1 rings (SSSR count). The molecule has 88 valence electrons. The molecule has 0 fully saturated rings. The summed E-state index contributed by atoms with van der Waals surface area (Å²) in [4.78, 5) is 32.1. The van der Waals surface area contributed by atoms with Crippen LogP contribution in [0.25, 0.3) is 0 Å². The van der Waals surface area contributed by atoms with E-state index in [1.165, 1.54) is 0 Å². The molecule has 0 saturated carbocycles. The van der Waals surface area contributed by atoms with Gasteiger partial charge >= 0.3 is 55.6 Å². The van der Waals surface area contributed by atoms with Crippen molar-refractivity contribution in [1.29, 1.82) is 0 Å². The fourth-order valence-electron chi connectivity index (χ4n) is 1.21. The summed E-state index contributed by atoms with van der Waals surface area (Å²) < 4.78 is 0. The van der Waals surface area contributed by atoms with Crippen LogP contribution in [0.1, 0.15) is 33.9 Å². The van der Waals surface area contributed by atoms with Crippen LogP contribution in [0.5, 0.6) is 5.75 Å². The minimum absolute atomic E-state index is 0. The molecule has 0 spiro atoms. The molecule has 0 amide bonds. The number of aromatic hydroxyl groups is 1. The van der Waals surface area contributed by atoms with E-state index in [1.807, 2.05) is 0 Å². The predicted molar refractivity (Wildman–Crippen MR) is 57.0 cm³/mol. The van der Waals surface area contributed by atoms with E-state index in [0.29, 0.717) is 0 Å². The van der Waals surface area contributed by atoms with Gasteiger partial charge in [0.2, 0.25) is 0 Å². The number of carbonyl (C=O) groups is 3. The van der Waals surface area contributed by atoms with Crippen LogP contribution in [0.15, 0.2) is 12.1 Å². The van der Waals surface area contributed by atoms with Gasteiger partial charge in [-0.2, -0.15) is 0 Å². The van der Waals surface area contributed by atoms with Gasteiger partial charge in [0, 0.05) is 0 Å². The first-order chi connectivity index (χ1) is 7.36. The van der Waals surface area contributed by atoms with Crippen molar-refractivity contribution in [2.45, 2.75) is 0 Å². The van der Waals surface area contributed by atoms with E-state index in [-0.39, 0.29) is 40.6 Å². The molecule has 1 aromatic carbocycles. The molecule has 0 heterocycles. The Morgan fingerprint density at radius 1 is 0.882 bits per heavy atom. The van der Waals surface area contributed by atoms with Crippen LogP contribution >= 0.6 is 0 Å². The summed E-state index contributed by atoms with van der Waals surface area (Å²) in [5.74, 6) is -5.82. The molecule has 0 saturated heterocycles. The average molecular weight is 268 g/mol. The Kier molecular flexibility index (Phi) is 5.40. The minimum atomic E-state index is -1.73. The largest absolute Gasteiger partial charge is 2.00 e. The number of carboxylic acids is 3. The first-order valence-electron chi connectivity index (χ1n) is 3.92. The number of hydrogen-bond acceptors (Lipinski definition) is 4. The van der Waals surface area contributed by atoms with Gasteiger partial charge in [-0.05, 0) is 12.1 Å². The van der Waals surface area contributed by atoms with Crippen LogP contribution in [0.3, 0.4) is 0 Å². The van der Waals surface area contributed by atoms with E-state index >= 15 is 0 Å². The van der Waals surface area contributed by atoms with Crippen LogP contribution in [0, 0.1) is 0 Å². The van der Waals surface area contributed by atoms with E-state index < -0.39 is 40.3 Å². The Hall–Kier alpha value is -1.31. The van der Waals surface area contributed by atoms with Gasteiger partial charge in [0.25, 0.3) is 0 Å². The number of aromatic carboxylic acids is 3. The molecular formula is C9H8CaO7. The third-order valence-corrected chi connectivity index (χ3v) is 1.84. The van der Waals surface area contributed by atoms with Crippen LogP contribution in [-0.2, 0) is 0 Å². The van der Waals surface area contributed by atoms with E-state index in [4.69, 9.17) is 15.3 Å². The van der Waals surface area contributed by atoms with Crippen molar-refractivity contribution in [2.24, 2.45) is 0 Å². The summed E-state index contributed by atoms with van der Waals surface area (Å²) in [5, 5.41) is 35.3. The van der Waals surface area contributed by atoms with Gasteiger partial charge in [-0.3, -0.25) is 0 Å². The fraction of sp³-hybridized carbons (Fsp3) is 0. The van der Waals surface area contributed by atoms with Crippen LogP contribution < -0.4 is 0 Å². The Bertz CT molecular complexity index is 504. The summed E-state index contributed by atoms with van der Waals surface area (Å²) >= 11 is 0. The number of carboxylic acid groups (broad SMARTS) is 3. The molecule has 0 radical (unpaired) electrons. The second kappa shape index (κ2) is 5.85. The zero-order chi connectivity index (χ0) is 12.5. The number of phenols is 1. The summed E-state index contributed by atoms with van der Waals surface area (Å²) in [6, 6.07) is 1.65. The van der Waals surface area contributed by atoms with Crippen molar-refractivity contribution in [2.75, 3.05) is 0 Å². The molecule has 8 heteroatoms. The Labute approximate surface area is 127 Å². The average Bonchev–Trinajstić information content (AvgIpc) is 2.15.